The molecule has 0 fully saturated rings. The van der Waals surface area contributed by atoms with E-state index in [-0.39, 0.29) is 17.5 Å². The summed E-state index contributed by atoms with van der Waals surface area (Å²) in [5.74, 6) is -0.797. The first-order chi connectivity index (χ1) is 13.0. The van der Waals surface area contributed by atoms with Crippen LogP contribution in [0.25, 0.3) is 6.08 Å². The first kappa shape index (κ1) is 20.5. The van der Waals surface area contributed by atoms with E-state index in [1.165, 1.54) is 23.8 Å². The second-order valence-electron chi connectivity index (χ2n) is 5.85. The molecule has 0 saturated carbocycles. The van der Waals surface area contributed by atoms with E-state index < -0.39 is 17.8 Å². The van der Waals surface area contributed by atoms with Gasteiger partial charge in [-0.1, -0.05) is 54.9 Å². The Morgan fingerprint density at radius 2 is 1.93 bits per heavy atom. The largest absolute Gasteiger partial charge is 0.448 e. The van der Waals surface area contributed by atoms with E-state index in [0.717, 1.165) is 12.1 Å². The second-order valence-corrected chi connectivity index (χ2v) is 6.26. The van der Waals surface area contributed by atoms with Crippen molar-refractivity contribution in [1.29, 1.82) is 0 Å². The Hall–Kier alpha value is -2.86. The Morgan fingerprint density at radius 3 is 2.63 bits per heavy atom. The van der Waals surface area contributed by atoms with Crippen LogP contribution in [0.3, 0.4) is 0 Å². The molecule has 2 aromatic carbocycles. The van der Waals surface area contributed by atoms with Crippen molar-refractivity contribution in [1.82, 2.24) is 10.9 Å². The van der Waals surface area contributed by atoms with Crippen molar-refractivity contribution in [3.05, 3.63) is 76.6 Å². The molecule has 2 aromatic rings. The Labute approximate surface area is 162 Å². The number of amides is 2. The van der Waals surface area contributed by atoms with Crippen molar-refractivity contribution in [3.8, 4) is 0 Å². The predicted molar refractivity (Wildman–Crippen MR) is 103 cm³/mol. The Balaban J connectivity index is 1.68. The number of nitrogens with one attached hydrogen (secondary N) is 2. The lowest BCUT2D eigenvalue weighted by Gasteiger charge is -2.12. The van der Waals surface area contributed by atoms with Gasteiger partial charge in [0, 0.05) is 6.08 Å². The molecule has 2 rings (SSSR count). The number of carbonyl (C=O) groups excluding carboxylic acids is 2. The van der Waals surface area contributed by atoms with E-state index >= 15 is 0 Å². The topological polar surface area (TPSA) is 67.4 Å². The van der Waals surface area contributed by atoms with Gasteiger partial charge in [-0.3, -0.25) is 10.2 Å². The third kappa shape index (κ3) is 7.11. The first-order valence-electron chi connectivity index (χ1n) is 8.36. The molecule has 0 aliphatic rings. The van der Waals surface area contributed by atoms with Gasteiger partial charge in [-0.05, 0) is 41.7 Å². The fraction of sp³-hybridized carbons (Fsp3) is 0.200. The van der Waals surface area contributed by atoms with E-state index in [0.29, 0.717) is 12.0 Å². The summed E-state index contributed by atoms with van der Waals surface area (Å²) in [6.45, 7) is 2.27. The molecule has 142 valence electrons. The molecule has 0 bridgehead atoms. The summed E-state index contributed by atoms with van der Waals surface area (Å²) in [6.07, 6.45) is 2.48. The van der Waals surface area contributed by atoms with E-state index in [1.807, 2.05) is 37.3 Å². The third-order valence-corrected chi connectivity index (χ3v) is 4.14. The summed E-state index contributed by atoms with van der Waals surface area (Å²) in [4.78, 5) is 23.3. The van der Waals surface area contributed by atoms with Crippen LogP contribution in [-0.4, -0.2) is 18.6 Å². The van der Waals surface area contributed by atoms with Crippen LogP contribution in [0.1, 0.15) is 30.4 Å². The van der Waals surface area contributed by atoms with E-state index in [2.05, 4.69) is 10.9 Å². The van der Waals surface area contributed by atoms with Crippen LogP contribution in [0.4, 0.5) is 9.18 Å². The summed E-state index contributed by atoms with van der Waals surface area (Å²) in [6, 6.07) is 13.7. The van der Waals surface area contributed by atoms with Gasteiger partial charge in [0.15, 0.2) is 0 Å². The average molecular weight is 391 g/mol. The molecule has 7 heteroatoms. The number of hydrogen-bond acceptors (Lipinski definition) is 3. The van der Waals surface area contributed by atoms with Crippen LogP contribution in [0.5, 0.6) is 0 Å². The second kappa shape index (κ2) is 10.3. The first-order valence-corrected chi connectivity index (χ1v) is 8.74. The molecule has 0 saturated heterocycles. The predicted octanol–water partition coefficient (Wildman–Crippen LogP) is 4.44. The van der Waals surface area contributed by atoms with Gasteiger partial charge in [0.2, 0.25) is 0 Å². The minimum Gasteiger partial charge on any atom is -0.448 e. The maximum atomic E-state index is 13.0. The summed E-state index contributed by atoms with van der Waals surface area (Å²) in [7, 11) is 0. The number of hydrazine groups is 1. The zero-order chi connectivity index (χ0) is 19.6. The van der Waals surface area contributed by atoms with Gasteiger partial charge < -0.3 is 4.74 Å². The lowest BCUT2D eigenvalue weighted by molar-refractivity contribution is -0.117. The van der Waals surface area contributed by atoms with E-state index in [9.17, 15) is 14.0 Å². The fourth-order valence-electron chi connectivity index (χ4n) is 2.27. The molecule has 27 heavy (non-hydrogen) atoms. The summed E-state index contributed by atoms with van der Waals surface area (Å²) >= 11 is 5.85. The molecule has 1 atom stereocenters. The van der Waals surface area contributed by atoms with Gasteiger partial charge >= 0.3 is 6.09 Å². The van der Waals surface area contributed by atoms with Gasteiger partial charge in [-0.15, -0.1) is 0 Å². The molecule has 2 N–H and O–H groups in total. The van der Waals surface area contributed by atoms with Gasteiger partial charge in [0.25, 0.3) is 5.91 Å². The highest BCUT2D eigenvalue weighted by molar-refractivity contribution is 6.32. The number of rotatable bonds is 6. The molecule has 2 amide bonds. The minimum atomic E-state index is -0.753. The molecule has 0 radical (unpaired) electrons. The molecule has 0 aromatic heterocycles. The van der Waals surface area contributed by atoms with Crippen LogP contribution in [0.15, 0.2) is 54.6 Å². The quantitative estimate of drug-likeness (QED) is 0.566. The summed E-state index contributed by atoms with van der Waals surface area (Å²) in [5.41, 5.74) is 5.98. The van der Waals surface area contributed by atoms with Crippen LogP contribution < -0.4 is 10.9 Å². The van der Waals surface area contributed by atoms with E-state index in [4.69, 9.17) is 16.3 Å². The standard InChI is InChI=1S/C20H20ClFN2O3/c1-14(15-5-3-2-4-6-15)11-12-27-20(26)24-23-19(25)10-8-16-7-9-17(22)13-18(16)21/h2-10,13-14H,11-12H2,1H3,(H,23,25)(H,24,26)/b10-8+. The fourth-order valence-corrected chi connectivity index (χ4v) is 2.50. The van der Waals surface area contributed by atoms with Crippen molar-refractivity contribution in [2.45, 2.75) is 19.3 Å². The van der Waals surface area contributed by atoms with Gasteiger partial charge in [0.05, 0.1) is 11.6 Å². The normalized spacial score (nSPS) is 11.8. The highest BCUT2D eigenvalue weighted by atomic mass is 35.5. The maximum absolute atomic E-state index is 13.0. The Morgan fingerprint density at radius 1 is 1.19 bits per heavy atom. The molecule has 5 nitrogen and oxygen atoms in total. The van der Waals surface area contributed by atoms with Crippen LogP contribution >= 0.6 is 11.6 Å². The highest BCUT2D eigenvalue weighted by Gasteiger charge is 2.08. The molecule has 0 spiro atoms. The van der Waals surface area contributed by atoms with E-state index in [1.54, 1.807) is 0 Å². The SMILES string of the molecule is CC(CCOC(=O)NNC(=O)/C=C/c1ccc(F)cc1Cl)c1ccccc1. The minimum absolute atomic E-state index is 0.180. The summed E-state index contributed by atoms with van der Waals surface area (Å²) in [5, 5.41) is 0.180. The molecule has 0 aliphatic carbocycles. The molecule has 0 heterocycles. The van der Waals surface area contributed by atoms with Crippen molar-refractivity contribution in [2.24, 2.45) is 0 Å². The molecular weight excluding hydrogens is 371 g/mol. The number of halogens is 2. The summed E-state index contributed by atoms with van der Waals surface area (Å²) < 4.78 is 18.0. The van der Waals surface area contributed by atoms with Crippen molar-refractivity contribution in [2.75, 3.05) is 6.61 Å². The third-order valence-electron chi connectivity index (χ3n) is 3.82. The van der Waals surface area contributed by atoms with Gasteiger partial charge in [-0.25, -0.2) is 14.6 Å². The zero-order valence-electron chi connectivity index (χ0n) is 14.7. The van der Waals surface area contributed by atoms with Crippen molar-refractivity contribution < 1.29 is 18.7 Å². The number of carbonyl (C=O) groups is 2. The average Bonchev–Trinajstić information content (AvgIpc) is 2.66. The van der Waals surface area contributed by atoms with Crippen LogP contribution in [0.2, 0.25) is 5.02 Å². The molecule has 0 aliphatic heterocycles. The van der Waals surface area contributed by atoms with Crippen LogP contribution in [0, 0.1) is 5.82 Å². The monoisotopic (exact) mass is 390 g/mol. The van der Waals surface area contributed by atoms with Gasteiger partial charge in [-0.2, -0.15) is 0 Å². The van der Waals surface area contributed by atoms with Crippen molar-refractivity contribution >= 4 is 29.7 Å². The smallest absolute Gasteiger partial charge is 0.426 e. The number of benzene rings is 2. The zero-order valence-corrected chi connectivity index (χ0v) is 15.5. The lowest BCUT2D eigenvalue weighted by Crippen LogP contribution is -2.41. The molecule has 1 unspecified atom stereocenters. The Kier molecular flexibility index (Phi) is 7.82. The number of hydrogen-bond donors (Lipinski definition) is 2. The molecular formula is C20H20ClFN2O3. The van der Waals surface area contributed by atoms with Crippen molar-refractivity contribution in [3.63, 3.8) is 0 Å². The highest BCUT2D eigenvalue weighted by Crippen LogP contribution is 2.19. The lowest BCUT2D eigenvalue weighted by atomic mass is 9.98. The maximum Gasteiger partial charge on any atom is 0.426 e. The number of ether oxygens (including phenoxy) is 1. The van der Waals surface area contributed by atoms with Gasteiger partial charge in [0.1, 0.15) is 5.82 Å². The Bertz CT molecular complexity index is 812. The van der Waals surface area contributed by atoms with Crippen LogP contribution in [-0.2, 0) is 9.53 Å².